The smallest absolute Gasteiger partial charge is 0.0544 e. The van der Waals surface area contributed by atoms with E-state index in [-0.39, 0.29) is 14.5 Å². The number of fused-ring (bicyclic) bond motifs is 5. The summed E-state index contributed by atoms with van der Waals surface area (Å²) in [6.07, 6.45) is 0. The third kappa shape index (κ3) is 4.43. The maximum atomic E-state index is 2.42. The Balaban J connectivity index is 1.21. The zero-order valence-electron chi connectivity index (χ0n) is 22.9. The predicted molar refractivity (Wildman–Crippen MR) is 181 cm³/mol. The van der Waals surface area contributed by atoms with Gasteiger partial charge in [0.1, 0.15) is 0 Å². The summed E-state index contributed by atoms with van der Waals surface area (Å²) < 4.78 is 2.98. The molecule has 0 saturated heterocycles. The number of benzene rings is 7. The summed E-state index contributed by atoms with van der Waals surface area (Å²) in [6, 6.07) is 59.4. The predicted octanol–water partition coefficient (Wildman–Crippen LogP) is 11.0. The van der Waals surface area contributed by atoms with Crippen molar-refractivity contribution in [2.24, 2.45) is 0 Å². The molecule has 0 amide bonds. The van der Waals surface area contributed by atoms with Gasteiger partial charge < -0.3 is 0 Å². The molecule has 1 nitrogen and oxygen atoms in total. The molecule has 8 rings (SSSR count). The quantitative estimate of drug-likeness (QED) is 0.178. The molecule has 0 bridgehead atoms. The largest absolute Gasteiger partial charge is 0.0617 e. The van der Waals surface area contributed by atoms with E-state index in [1.807, 2.05) is 0 Å². The normalized spacial score (nSPS) is 11.3. The zero-order chi connectivity index (χ0) is 27.9. The van der Waals surface area contributed by atoms with Crippen LogP contribution in [0.5, 0.6) is 0 Å². The number of anilines is 3. The standard InChI is InChI=1S/C40H27NSe/c1-3-10-28(11-4-1)29-18-22-34(23-19-29)41(33-14-5-2-6-15-33)35-16-9-13-31(26-35)32-21-24-37-38-25-20-30-12-7-8-17-36(30)40(38)42-39(37)27-32/h1-27H. The average molecular weight is 601 g/mol. The first kappa shape index (κ1) is 24.9. The van der Waals surface area contributed by atoms with E-state index < -0.39 is 0 Å². The molecule has 1 heterocycles. The Morgan fingerprint density at radius 3 is 1.79 bits per heavy atom. The van der Waals surface area contributed by atoms with Crippen molar-refractivity contribution < 1.29 is 0 Å². The van der Waals surface area contributed by atoms with Gasteiger partial charge in [0.25, 0.3) is 0 Å². The third-order valence-electron chi connectivity index (χ3n) is 8.05. The second-order valence-electron chi connectivity index (χ2n) is 10.6. The van der Waals surface area contributed by atoms with Gasteiger partial charge in [0, 0.05) is 0 Å². The second kappa shape index (κ2) is 10.5. The summed E-state index contributed by atoms with van der Waals surface area (Å²) in [5, 5.41) is 5.52. The van der Waals surface area contributed by atoms with Crippen LogP contribution < -0.4 is 4.90 Å². The summed E-state index contributed by atoms with van der Waals surface area (Å²) in [5.74, 6) is 0. The average Bonchev–Trinajstić information content (AvgIpc) is 3.45. The Kier molecular flexibility index (Phi) is 6.22. The molecule has 0 atom stereocenters. The molecule has 0 unspecified atom stereocenters. The molecule has 198 valence electrons. The van der Waals surface area contributed by atoms with Crippen molar-refractivity contribution in [1.82, 2.24) is 0 Å². The Labute approximate surface area is 251 Å². The van der Waals surface area contributed by atoms with Crippen LogP contribution in [0, 0.1) is 0 Å². The maximum absolute atomic E-state index is 2.42. The van der Waals surface area contributed by atoms with E-state index in [4.69, 9.17) is 0 Å². The fraction of sp³-hybridized carbons (Fsp3) is 0. The van der Waals surface area contributed by atoms with Gasteiger partial charge in [-0.1, -0.05) is 30.3 Å². The molecule has 0 saturated carbocycles. The zero-order valence-corrected chi connectivity index (χ0v) is 24.7. The van der Waals surface area contributed by atoms with Crippen LogP contribution in [0.15, 0.2) is 164 Å². The SMILES string of the molecule is c1ccc(-c2ccc(N(c3ccccc3)c3cccc(-c4ccc5c(c4)[se]c4c6ccccc6ccc54)c3)cc2)cc1. The Hall–Kier alpha value is -4.88. The fourth-order valence-corrected chi connectivity index (χ4v) is 8.65. The van der Waals surface area contributed by atoms with Crippen LogP contribution in [0.3, 0.4) is 0 Å². The second-order valence-corrected chi connectivity index (χ2v) is 12.8. The van der Waals surface area contributed by atoms with Gasteiger partial charge in [-0.25, -0.2) is 0 Å². The van der Waals surface area contributed by atoms with Crippen LogP contribution in [0.4, 0.5) is 17.1 Å². The summed E-state index contributed by atoms with van der Waals surface area (Å²) >= 11 is 0.287. The molecule has 0 aliphatic rings. The third-order valence-corrected chi connectivity index (χ3v) is 10.6. The molecular weight excluding hydrogens is 573 g/mol. The molecule has 0 N–H and O–H groups in total. The van der Waals surface area contributed by atoms with Crippen molar-refractivity contribution in [2.75, 3.05) is 4.90 Å². The van der Waals surface area contributed by atoms with Crippen molar-refractivity contribution in [2.45, 2.75) is 0 Å². The van der Waals surface area contributed by atoms with Crippen LogP contribution in [0.25, 0.3) is 52.3 Å². The van der Waals surface area contributed by atoms with Gasteiger partial charge in [0.15, 0.2) is 0 Å². The summed E-state index contributed by atoms with van der Waals surface area (Å²) in [4.78, 5) is 2.34. The molecule has 0 aliphatic carbocycles. The summed E-state index contributed by atoms with van der Waals surface area (Å²) in [7, 11) is 0. The first-order chi connectivity index (χ1) is 20.8. The summed E-state index contributed by atoms with van der Waals surface area (Å²) in [6.45, 7) is 0. The Morgan fingerprint density at radius 1 is 0.357 bits per heavy atom. The first-order valence-corrected chi connectivity index (χ1v) is 16.0. The minimum atomic E-state index is 0.287. The van der Waals surface area contributed by atoms with E-state index in [2.05, 4.69) is 169 Å². The maximum Gasteiger partial charge on any atom is -0.0544 e. The van der Waals surface area contributed by atoms with Gasteiger partial charge in [-0.3, -0.25) is 0 Å². The van der Waals surface area contributed by atoms with E-state index in [9.17, 15) is 0 Å². The minimum Gasteiger partial charge on any atom is -0.0617 e. The van der Waals surface area contributed by atoms with Crippen LogP contribution >= 0.6 is 0 Å². The van der Waals surface area contributed by atoms with E-state index in [0.717, 1.165) is 17.1 Å². The molecule has 0 fully saturated rings. The van der Waals surface area contributed by atoms with Gasteiger partial charge in [-0.2, -0.15) is 0 Å². The van der Waals surface area contributed by atoms with Crippen LogP contribution in [0.2, 0.25) is 0 Å². The van der Waals surface area contributed by atoms with E-state index >= 15 is 0 Å². The molecule has 0 spiro atoms. The van der Waals surface area contributed by atoms with Crippen molar-refractivity contribution in [3.8, 4) is 22.3 Å². The molecule has 0 aliphatic heterocycles. The van der Waals surface area contributed by atoms with Crippen LogP contribution in [0.1, 0.15) is 0 Å². The van der Waals surface area contributed by atoms with Gasteiger partial charge >= 0.3 is 222 Å². The Morgan fingerprint density at radius 2 is 0.952 bits per heavy atom. The summed E-state index contributed by atoms with van der Waals surface area (Å²) in [5.41, 5.74) is 8.36. The number of hydrogen-bond acceptors (Lipinski definition) is 1. The van der Waals surface area contributed by atoms with E-state index in [1.54, 1.807) is 0 Å². The van der Waals surface area contributed by atoms with Gasteiger partial charge in [0.2, 0.25) is 0 Å². The van der Waals surface area contributed by atoms with Gasteiger partial charge in [-0.15, -0.1) is 0 Å². The monoisotopic (exact) mass is 601 g/mol. The van der Waals surface area contributed by atoms with E-state index in [0.29, 0.717) is 0 Å². The van der Waals surface area contributed by atoms with Crippen molar-refractivity contribution in [3.63, 3.8) is 0 Å². The molecular formula is C40H27NSe. The van der Waals surface area contributed by atoms with Crippen molar-refractivity contribution in [1.29, 1.82) is 0 Å². The first-order valence-electron chi connectivity index (χ1n) is 14.3. The Bertz CT molecular complexity index is 2180. The van der Waals surface area contributed by atoms with Gasteiger partial charge in [0.05, 0.1) is 0 Å². The molecule has 0 radical (unpaired) electrons. The molecule has 7 aromatic carbocycles. The van der Waals surface area contributed by atoms with Gasteiger partial charge in [-0.05, 0) is 0 Å². The van der Waals surface area contributed by atoms with Crippen LogP contribution in [-0.4, -0.2) is 14.5 Å². The van der Waals surface area contributed by atoms with E-state index in [1.165, 1.54) is 52.3 Å². The number of hydrogen-bond donors (Lipinski definition) is 0. The molecule has 1 aromatic heterocycles. The minimum absolute atomic E-state index is 0.287. The fourth-order valence-electron chi connectivity index (χ4n) is 5.97. The topological polar surface area (TPSA) is 3.24 Å². The molecule has 2 heteroatoms. The molecule has 8 aromatic rings. The molecule has 42 heavy (non-hydrogen) atoms. The number of nitrogens with zero attached hydrogens (tertiary/aromatic N) is 1. The number of para-hydroxylation sites is 1. The van der Waals surface area contributed by atoms with Crippen molar-refractivity contribution >= 4 is 61.6 Å². The van der Waals surface area contributed by atoms with Crippen molar-refractivity contribution in [3.05, 3.63) is 164 Å². The van der Waals surface area contributed by atoms with Crippen LogP contribution in [-0.2, 0) is 0 Å². The number of rotatable bonds is 5.